The van der Waals surface area contributed by atoms with Crippen LogP contribution in [0.25, 0.3) is 22.6 Å². The molecular formula is C17H10N2OS. The fourth-order valence-electron chi connectivity index (χ4n) is 2.17. The summed E-state index contributed by atoms with van der Waals surface area (Å²) >= 11 is 1.62. The Morgan fingerprint density at radius 1 is 1.05 bits per heavy atom. The Kier molecular flexibility index (Phi) is 2.84. The van der Waals surface area contributed by atoms with Crippen molar-refractivity contribution in [2.24, 2.45) is 0 Å². The third kappa shape index (κ3) is 2.14. The van der Waals surface area contributed by atoms with E-state index < -0.39 is 0 Å². The molecule has 0 radical (unpaired) electrons. The van der Waals surface area contributed by atoms with E-state index in [2.05, 4.69) is 16.9 Å². The van der Waals surface area contributed by atoms with Gasteiger partial charge in [0.15, 0.2) is 11.6 Å². The van der Waals surface area contributed by atoms with Crippen molar-refractivity contribution in [2.75, 3.05) is 0 Å². The van der Waals surface area contributed by atoms with Crippen LogP contribution in [0.5, 0.6) is 0 Å². The molecule has 0 amide bonds. The highest BCUT2D eigenvalue weighted by atomic mass is 32.1. The summed E-state index contributed by atoms with van der Waals surface area (Å²) in [7, 11) is 0. The Labute approximate surface area is 125 Å². The van der Waals surface area contributed by atoms with Crippen LogP contribution in [-0.4, -0.2) is 9.55 Å². The molecule has 0 bridgehead atoms. The van der Waals surface area contributed by atoms with E-state index in [0.717, 1.165) is 21.7 Å². The summed E-state index contributed by atoms with van der Waals surface area (Å²) in [6, 6.07) is 18.9. The molecule has 0 N–H and O–H groups in total. The molecule has 0 unspecified atom stereocenters. The molecule has 0 fully saturated rings. The topological polar surface area (TPSA) is 31.0 Å². The summed E-state index contributed by atoms with van der Waals surface area (Å²) in [5.41, 5.74) is 1.89. The molecule has 3 aromatic heterocycles. The van der Waals surface area contributed by atoms with Crippen molar-refractivity contribution in [1.29, 1.82) is 0 Å². The molecule has 0 aliphatic heterocycles. The van der Waals surface area contributed by atoms with E-state index in [-0.39, 0.29) is 0 Å². The molecule has 0 saturated carbocycles. The molecule has 0 saturated heterocycles. The first-order valence-corrected chi connectivity index (χ1v) is 7.37. The van der Waals surface area contributed by atoms with Crippen LogP contribution in [0.2, 0.25) is 0 Å². The van der Waals surface area contributed by atoms with Gasteiger partial charge in [0.05, 0.1) is 22.2 Å². The van der Waals surface area contributed by atoms with Crippen LogP contribution in [0.1, 0.15) is 4.88 Å². The second-order valence-corrected chi connectivity index (χ2v) is 5.40. The standard InChI is InChI=1S/C17H10N2OS/c1-2-7-15-14(6-1)18-17(16-8-3-11-20-16)19(15)10-9-13-5-4-12-21-13/h1-8,11-12H. The first kappa shape index (κ1) is 12.0. The second-order valence-electron chi connectivity index (χ2n) is 4.45. The fraction of sp³-hybridized carbons (Fsp3) is 0. The van der Waals surface area contributed by atoms with Crippen LogP contribution in [-0.2, 0) is 0 Å². The van der Waals surface area contributed by atoms with Crippen LogP contribution < -0.4 is 0 Å². The van der Waals surface area contributed by atoms with Gasteiger partial charge in [-0.1, -0.05) is 18.2 Å². The van der Waals surface area contributed by atoms with Gasteiger partial charge in [-0.25, -0.2) is 9.55 Å². The fourth-order valence-corrected chi connectivity index (χ4v) is 2.74. The van der Waals surface area contributed by atoms with Gasteiger partial charge in [-0.05, 0) is 41.6 Å². The number of imidazole rings is 1. The first-order valence-electron chi connectivity index (χ1n) is 6.49. The quantitative estimate of drug-likeness (QED) is 0.492. The summed E-state index contributed by atoms with van der Waals surface area (Å²) in [6.45, 7) is 0. The van der Waals surface area contributed by atoms with Gasteiger partial charge in [0.25, 0.3) is 0 Å². The maximum atomic E-state index is 5.48. The highest BCUT2D eigenvalue weighted by molar-refractivity contribution is 7.10. The number of aromatic nitrogens is 2. The Hall–Kier alpha value is -2.77. The van der Waals surface area contributed by atoms with Gasteiger partial charge in [0, 0.05) is 6.04 Å². The summed E-state index contributed by atoms with van der Waals surface area (Å²) in [6.07, 6.45) is 1.64. The zero-order valence-electron chi connectivity index (χ0n) is 11.0. The number of thiophene rings is 1. The number of para-hydroxylation sites is 2. The third-order valence-electron chi connectivity index (χ3n) is 3.11. The number of hydrogen-bond acceptors (Lipinski definition) is 3. The molecule has 21 heavy (non-hydrogen) atoms. The maximum absolute atomic E-state index is 5.48. The normalized spacial score (nSPS) is 10.5. The van der Waals surface area contributed by atoms with Gasteiger partial charge < -0.3 is 4.42 Å². The minimum absolute atomic E-state index is 0.715. The largest absolute Gasteiger partial charge is 0.461 e. The molecular weight excluding hydrogens is 280 g/mol. The third-order valence-corrected chi connectivity index (χ3v) is 3.90. The Morgan fingerprint density at radius 3 is 2.81 bits per heavy atom. The van der Waals surface area contributed by atoms with Gasteiger partial charge in [-0.3, -0.25) is 0 Å². The van der Waals surface area contributed by atoms with E-state index >= 15 is 0 Å². The summed E-state index contributed by atoms with van der Waals surface area (Å²) in [4.78, 5) is 5.65. The van der Waals surface area contributed by atoms with Crippen LogP contribution >= 0.6 is 11.3 Å². The van der Waals surface area contributed by atoms with Crippen molar-refractivity contribution in [1.82, 2.24) is 9.55 Å². The summed E-state index contributed by atoms with van der Waals surface area (Å²) in [5, 5.41) is 2.02. The number of benzene rings is 1. The van der Waals surface area contributed by atoms with Crippen molar-refractivity contribution < 1.29 is 4.42 Å². The van der Waals surface area contributed by atoms with Crippen LogP contribution in [0.15, 0.2) is 64.6 Å². The highest BCUT2D eigenvalue weighted by Crippen LogP contribution is 2.24. The smallest absolute Gasteiger partial charge is 0.189 e. The monoisotopic (exact) mass is 290 g/mol. The molecule has 0 spiro atoms. The van der Waals surface area contributed by atoms with Gasteiger partial charge in [0.2, 0.25) is 0 Å². The number of fused-ring (bicyclic) bond motifs is 1. The lowest BCUT2D eigenvalue weighted by Crippen LogP contribution is -1.92. The van der Waals surface area contributed by atoms with Crippen molar-refractivity contribution in [3.63, 3.8) is 0 Å². The minimum atomic E-state index is 0.715. The van der Waals surface area contributed by atoms with Crippen LogP contribution in [0, 0.1) is 12.0 Å². The van der Waals surface area contributed by atoms with E-state index in [4.69, 9.17) is 4.42 Å². The molecule has 3 heterocycles. The Bertz CT molecular complexity index is 938. The average molecular weight is 290 g/mol. The molecule has 1 aromatic carbocycles. The van der Waals surface area contributed by atoms with E-state index in [1.165, 1.54) is 0 Å². The van der Waals surface area contributed by atoms with Crippen molar-refractivity contribution >= 4 is 22.4 Å². The zero-order valence-corrected chi connectivity index (χ0v) is 11.8. The summed E-state index contributed by atoms with van der Waals surface area (Å²) in [5.74, 6) is 4.61. The number of furan rings is 1. The SMILES string of the molecule is C(#Cn1c(-c2ccco2)nc2ccccc21)c1cccs1. The maximum Gasteiger partial charge on any atom is 0.189 e. The van der Waals surface area contributed by atoms with Gasteiger partial charge in [-0.15, -0.1) is 11.3 Å². The second kappa shape index (κ2) is 4.97. The molecule has 4 heteroatoms. The van der Waals surface area contributed by atoms with E-state index in [1.807, 2.05) is 58.5 Å². The number of rotatable bonds is 1. The van der Waals surface area contributed by atoms with Crippen LogP contribution in [0.4, 0.5) is 0 Å². The lowest BCUT2D eigenvalue weighted by Gasteiger charge is -1.97. The molecule has 0 atom stereocenters. The molecule has 4 aromatic rings. The van der Waals surface area contributed by atoms with E-state index in [0.29, 0.717) is 5.76 Å². The number of hydrogen-bond donors (Lipinski definition) is 0. The number of nitrogens with zero attached hydrogens (tertiary/aromatic N) is 2. The van der Waals surface area contributed by atoms with Gasteiger partial charge in [0.1, 0.15) is 0 Å². The van der Waals surface area contributed by atoms with E-state index in [1.54, 1.807) is 17.6 Å². The predicted octanol–water partition coefficient (Wildman–Crippen LogP) is 4.22. The average Bonchev–Trinajstić information content (AvgIpc) is 3.25. The van der Waals surface area contributed by atoms with Crippen molar-refractivity contribution in [2.45, 2.75) is 0 Å². The lowest BCUT2D eigenvalue weighted by atomic mass is 10.3. The molecule has 4 rings (SSSR count). The van der Waals surface area contributed by atoms with Crippen molar-refractivity contribution in [3.05, 3.63) is 65.1 Å². The lowest BCUT2D eigenvalue weighted by molar-refractivity contribution is 0.577. The molecule has 0 aliphatic carbocycles. The highest BCUT2D eigenvalue weighted by Gasteiger charge is 2.12. The molecule has 3 nitrogen and oxygen atoms in total. The van der Waals surface area contributed by atoms with Gasteiger partial charge in [-0.2, -0.15) is 0 Å². The zero-order chi connectivity index (χ0) is 14.1. The summed E-state index contributed by atoms with van der Waals surface area (Å²) < 4.78 is 7.36. The van der Waals surface area contributed by atoms with Crippen LogP contribution in [0.3, 0.4) is 0 Å². The Balaban J connectivity index is 1.95. The van der Waals surface area contributed by atoms with E-state index in [9.17, 15) is 0 Å². The minimum Gasteiger partial charge on any atom is -0.461 e. The van der Waals surface area contributed by atoms with Crippen molar-refractivity contribution in [3.8, 4) is 23.5 Å². The molecule has 0 aliphatic rings. The molecule has 100 valence electrons. The first-order chi connectivity index (χ1) is 10.4. The predicted molar refractivity (Wildman–Crippen MR) is 84.0 cm³/mol. The Morgan fingerprint density at radius 2 is 2.00 bits per heavy atom. The van der Waals surface area contributed by atoms with Gasteiger partial charge >= 0.3 is 0 Å².